The van der Waals surface area contributed by atoms with Gasteiger partial charge in [-0.15, -0.1) is 0 Å². The van der Waals surface area contributed by atoms with Crippen molar-refractivity contribution in [3.63, 3.8) is 0 Å². The molecule has 1 atom stereocenters. The van der Waals surface area contributed by atoms with E-state index >= 15 is 0 Å². The van der Waals surface area contributed by atoms with Gasteiger partial charge in [0.2, 0.25) is 0 Å². The molecule has 0 aliphatic rings. The lowest BCUT2D eigenvalue weighted by Gasteiger charge is -2.12. The molecule has 2 rings (SSSR count). The van der Waals surface area contributed by atoms with Gasteiger partial charge in [0.1, 0.15) is 5.82 Å². The lowest BCUT2D eigenvalue weighted by molar-refractivity contribution is 0.734. The Balaban J connectivity index is 1.94. The Morgan fingerprint density at radius 1 is 1.14 bits per heavy atom. The molecular formula is C17H21N3S. The van der Waals surface area contributed by atoms with Crippen LogP contribution in [0.1, 0.15) is 37.3 Å². The van der Waals surface area contributed by atoms with Crippen molar-refractivity contribution >= 4 is 28.8 Å². The van der Waals surface area contributed by atoms with Crippen molar-refractivity contribution in [2.75, 3.05) is 10.6 Å². The van der Waals surface area contributed by atoms with Crippen molar-refractivity contribution in [2.45, 2.75) is 33.1 Å². The predicted octanol–water partition coefficient (Wildman–Crippen LogP) is 4.71. The molecule has 0 aliphatic carbocycles. The van der Waals surface area contributed by atoms with Gasteiger partial charge in [-0.05, 0) is 60.8 Å². The minimum atomic E-state index is 0.544. The fraction of sp³-hybridized carbons (Fsp3) is 0.294. The Morgan fingerprint density at radius 2 is 1.86 bits per heavy atom. The maximum Gasteiger partial charge on any atom is 0.176 e. The fourth-order valence-electron chi connectivity index (χ4n) is 1.95. The molecule has 0 spiro atoms. The van der Waals surface area contributed by atoms with Crippen molar-refractivity contribution in [1.29, 1.82) is 0 Å². The Bertz CT molecular complexity index is 590. The first-order valence-electron chi connectivity index (χ1n) is 7.19. The summed E-state index contributed by atoms with van der Waals surface area (Å²) in [6.45, 7) is 6.44. The number of nitrogens with one attached hydrogen (secondary N) is 2. The number of aromatic nitrogens is 1. The second-order valence-electron chi connectivity index (χ2n) is 5.23. The van der Waals surface area contributed by atoms with Crippen LogP contribution in [0.3, 0.4) is 0 Å². The zero-order chi connectivity index (χ0) is 15.2. The minimum Gasteiger partial charge on any atom is -0.332 e. The molecule has 0 saturated heterocycles. The molecular weight excluding hydrogens is 278 g/mol. The van der Waals surface area contributed by atoms with Crippen LogP contribution in [0.2, 0.25) is 0 Å². The van der Waals surface area contributed by atoms with E-state index in [2.05, 4.69) is 53.7 Å². The summed E-state index contributed by atoms with van der Waals surface area (Å²) in [7, 11) is 0. The van der Waals surface area contributed by atoms with Gasteiger partial charge < -0.3 is 10.6 Å². The van der Waals surface area contributed by atoms with Crippen molar-refractivity contribution in [3.8, 4) is 0 Å². The van der Waals surface area contributed by atoms with E-state index in [1.54, 1.807) is 0 Å². The van der Waals surface area contributed by atoms with Crippen molar-refractivity contribution in [2.24, 2.45) is 0 Å². The van der Waals surface area contributed by atoms with Gasteiger partial charge in [0.15, 0.2) is 5.11 Å². The van der Waals surface area contributed by atoms with E-state index in [-0.39, 0.29) is 0 Å². The number of rotatable bonds is 4. The number of anilines is 2. The molecule has 0 radical (unpaired) electrons. The van der Waals surface area contributed by atoms with Gasteiger partial charge in [-0.3, -0.25) is 0 Å². The monoisotopic (exact) mass is 299 g/mol. The third-order valence-electron chi connectivity index (χ3n) is 3.50. The fourth-order valence-corrected chi connectivity index (χ4v) is 2.17. The van der Waals surface area contributed by atoms with Crippen molar-refractivity contribution in [3.05, 3.63) is 53.7 Å². The second kappa shape index (κ2) is 7.18. The molecule has 110 valence electrons. The van der Waals surface area contributed by atoms with Crippen LogP contribution in [0.5, 0.6) is 0 Å². The highest BCUT2D eigenvalue weighted by Crippen LogP contribution is 2.20. The highest BCUT2D eigenvalue weighted by molar-refractivity contribution is 7.80. The van der Waals surface area contributed by atoms with Gasteiger partial charge in [-0.1, -0.05) is 32.0 Å². The molecule has 0 aliphatic heterocycles. The topological polar surface area (TPSA) is 37.0 Å². The van der Waals surface area contributed by atoms with Crippen LogP contribution in [0.4, 0.5) is 11.5 Å². The van der Waals surface area contributed by atoms with Gasteiger partial charge in [0, 0.05) is 11.9 Å². The van der Waals surface area contributed by atoms with E-state index in [1.807, 2.05) is 25.3 Å². The molecule has 0 fully saturated rings. The first kappa shape index (κ1) is 15.4. The third kappa shape index (κ3) is 4.53. The number of pyridine rings is 1. The van der Waals surface area contributed by atoms with Gasteiger partial charge >= 0.3 is 0 Å². The normalized spacial score (nSPS) is 11.8. The summed E-state index contributed by atoms with van der Waals surface area (Å²) in [6, 6.07) is 12.3. The standard InChI is InChI=1S/C17H21N3S/c1-4-13(3)14-6-8-15(9-7-14)19-17(21)20-16-10-5-12(2)11-18-16/h5-11,13H,4H2,1-3H3,(H2,18,19,20,21). The van der Waals surface area contributed by atoms with E-state index in [9.17, 15) is 0 Å². The van der Waals surface area contributed by atoms with Crippen LogP contribution >= 0.6 is 12.2 Å². The number of benzene rings is 1. The van der Waals surface area contributed by atoms with Crippen molar-refractivity contribution in [1.82, 2.24) is 4.98 Å². The first-order chi connectivity index (χ1) is 10.1. The number of aryl methyl sites for hydroxylation is 1. The Hall–Kier alpha value is -1.94. The Morgan fingerprint density at radius 3 is 2.43 bits per heavy atom. The molecule has 1 aromatic carbocycles. The maximum absolute atomic E-state index is 5.30. The van der Waals surface area contributed by atoms with Crippen LogP contribution < -0.4 is 10.6 Å². The van der Waals surface area contributed by atoms with Crippen LogP contribution in [-0.2, 0) is 0 Å². The molecule has 1 aromatic heterocycles. The van der Waals surface area contributed by atoms with Crippen LogP contribution in [0, 0.1) is 6.92 Å². The van der Waals surface area contributed by atoms with E-state index in [0.29, 0.717) is 11.0 Å². The first-order valence-corrected chi connectivity index (χ1v) is 7.60. The number of hydrogen-bond acceptors (Lipinski definition) is 2. The second-order valence-corrected chi connectivity index (χ2v) is 5.64. The van der Waals surface area contributed by atoms with Gasteiger partial charge in [-0.2, -0.15) is 0 Å². The molecule has 2 N–H and O–H groups in total. The quantitative estimate of drug-likeness (QED) is 0.802. The minimum absolute atomic E-state index is 0.544. The lowest BCUT2D eigenvalue weighted by Crippen LogP contribution is -2.19. The number of nitrogens with zero attached hydrogens (tertiary/aromatic N) is 1. The lowest BCUT2D eigenvalue weighted by atomic mass is 9.99. The molecule has 21 heavy (non-hydrogen) atoms. The average Bonchev–Trinajstić information content (AvgIpc) is 2.49. The maximum atomic E-state index is 5.30. The highest BCUT2D eigenvalue weighted by atomic mass is 32.1. The van der Waals surface area contributed by atoms with Gasteiger partial charge in [0.25, 0.3) is 0 Å². The van der Waals surface area contributed by atoms with Gasteiger partial charge in [-0.25, -0.2) is 4.98 Å². The average molecular weight is 299 g/mol. The zero-order valence-corrected chi connectivity index (χ0v) is 13.5. The summed E-state index contributed by atoms with van der Waals surface area (Å²) in [5.74, 6) is 1.33. The molecule has 1 unspecified atom stereocenters. The molecule has 1 heterocycles. The Labute approximate surface area is 131 Å². The summed E-state index contributed by atoms with van der Waals surface area (Å²) in [6.07, 6.45) is 2.96. The summed E-state index contributed by atoms with van der Waals surface area (Å²) < 4.78 is 0. The Kier molecular flexibility index (Phi) is 5.28. The van der Waals surface area contributed by atoms with E-state index in [4.69, 9.17) is 12.2 Å². The van der Waals surface area contributed by atoms with Crippen LogP contribution in [0.25, 0.3) is 0 Å². The van der Waals surface area contributed by atoms with E-state index in [1.165, 1.54) is 5.56 Å². The highest BCUT2D eigenvalue weighted by Gasteiger charge is 2.03. The zero-order valence-electron chi connectivity index (χ0n) is 12.7. The predicted molar refractivity (Wildman–Crippen MR) is 94.0 cm³/mol. The van der Waals surface area contributed by atoms with Crippen molar-refractivity contribution < 1.29 is 0 Å². The third-order valence-corrected chi connectivity index (χ3v) is 3.71. The number of hydrogen-bond donors (Lipinski definition) is 2. The summed E-state index contributed by atoms with van der Waals surface area (Å²) in [5.41, 5.74) is 3.45. The summed E-state index contributed by atoms with van der Waals surface area (Å²) in [5, 5.41) is 6.79. The molecule has 4 heteroatoms. The van der Waals surface area contributed by atoms with Gasteiger partial charge in [0.05, 0.1) is 0 Å². The molecule has 0 bridgehead atoms. The number of thiocarbonyl (C=S) groups is 1. The molecule has 0 saturated carbocycles. The molecule has 3 nitrogen and oxygen atoms in total. The largest absolute Gasteiger partial charge is 0.332 e. The van der Waals surface area contributed by atoms with E-state index < -0.39 is 0 Å². The summed E-state index contributed by atoms with van der Waals surface area (Å²) >= 11 is 5.30. The van der Waals surface area contributed by atoms with Crippen LogP contribution in [-0.4, -0.2) is 10.1 Å². The van der Waals surface area contributed by atoms with E-state index in [0.717, 1.165) is 23.5 Å². The molecule has 0 amide bonds. The SMILES string of the molecule is CCC(C)c1ccc(NC(=S)Nc2ccc(C)cn2)cc1. The smallest absolute Gasteiger partial charge is 0.176 e. The molecule has 2 aromatic rings. The van der Waals surface area contributed by atoms with Crippen LogP contribution in [0.15, 0.2) is 42.6 Å². The summed E-state index contributed by atoms with van der Waals surface area (Å²) in [4.78, 5) is 4.27.